The average molecular weight is 395 g/mol. The molecular weight excluding hydrogens is 372 g/mol. The van der Waals surface area contributed by atoms with Crippen molar-refractivity contribution in [1.82, 2.24) is 9.97 Å². The van der Waals surface area contributed by atoms with Gasteiger partial charge in [-0.2, -0.15) is 0 Å². The van der Waals surface area contributed by atoms with Crippen molar-refractivity contribution < 1.29 is 9.53 Å². The Labute approximate surface area is 168 Å². The maximum absolute atomic E-state index is 11.7. The molecule has 0 unspecified atom stereocenters. The van der Waals surface area contributed by atoms with Gasteiger partial charge in [-0.15, -0.1) is 11.3 Å². The number of pyridine rings is 1. The predicted octanol–water partition coefficient (Wildman–Crippen LogP) is 3.70. The van der Waals surface area contributed by atoms with Crippen LogP contribution in [0.2, 0.25) is 0 Å². The highest BCUT2D eigenvalue weighted by Gasteiger charge is 2.25. The van der Waals surface area contributed by atoms with E-state index in [-0.39, 0.29) is 0 Å². The van der Waals surface area contributed by atoms with E-state index in [1.165, 1.54) is 0 Å². The summed E-state index contributed by atoms with van der Waals surface area (Å²) in [5.74, 6) is 0.820. The number of thiazole rings is 1. The van der Waals surface area contributed by atoms with Crippen LogP contribution in [-0.4, -0.2) is 36.1 Å². The SMILES string of the molecule is COc1ccccc1-c1csc(C2CCN(c3ccncc3C(N)=O)CC2)n1. The Kier molecular flexibility index (Phi) is 5.25. The number of primary amides is 1. The van der Waals surface area contributed by atoms with Crippen LogP contribution < -0.4 is 15.4 Å². The Morgan fingerprint density at radius 2 is 2.04 bits per heavy atom. The molecule has 1 fully saturated rings. The number of ether oxygens (including phenoxy) is 1. The minimum absolute atomic E-state index is 0.420. The minimum Gasteiger partial charge on any atom is -0.496 e. The van der Waals surface area contributed by atoms with E-state index in [0.717, 1.165) is 53.6 Å². The number of rotatable bonds is 5. The topological polar surface area (TPSA) is 81.3 Å². The van der Waals surface area contributed by atoms with Gasteiger partial charge in [0.25, 0.3) is 5.91 Å². The van der Waals surface area contributed by atoms with E-state index in [1.807, 2.05) is 30.3 Å². The first-order chi connectivity index (χ1) is 13.7. The molecule has 1 aliphatic rings. The monoisotopic (exact) mass is 394 g/mol. The molecule has 1 saturated heterocycles. The summed E-state index contributed by atoms with van der Waals surface area (Å²) in [5.41, 5.74) is 8.83. The summed E-state index contributed by atoms with van der Waals surface area (Å²) in [6, 6.07) is 9.82. The third kappa shape index (κ3) is 3.57. The molecule has 3 aromatic rings. The fraction of sp³-hybridized carbons (Fsp3) is 0.286. The number of carbonyl (C=O) groups excluding carboxylic acids is 1. The van der Waals surface area contributed by atoms with Crippen LogP contribution in [0.1, 0.15) is 34.1 Å². The van der Waals surface area contributed by atoms with Crippen molar-refractivity contribution in [2.24, 2.45) is 5.73 Å². The largest absolute Gasteiger partial charge is 0.496 e. The van der Waals surface area contributed by atoms with Crippen LogP contribution in [0.4, 0.5) is 5.69 Å². The van der Waals surface area contributed by atoms with Gasteiger partial charge < -0.3 is 15.4 Å². The normalized spacial score (nSPS) is 14.8. The molecule has 0 bridgehead atoms. The first-order valence-electron chi connectivity index (χ1n) is 9.25. The molecule has 4 rings (SSSR count). The summed E-state index contributed by atoms with van der Waals surface area (Å²) in [5, 5.41) is 3.26. The van der Waals surface area contributed by atoms with Crippen LogP contribution in [-0.2, 0) is 0 Å². The molecule has 1 aliphatic heterocycles. The zero-order valence-electron chi connectivity index (χ0n) is 15.7. The Hall–Kier alpha value is -2.93. The zero-order valence-corrected chi connectivity index (χ0v) is 16.5. The summed E-state index contributed by atoms with van der Waals surface area (Å²) < 4.78 is 5.46. The molecule has 0 atom stereocenters. The van der Waals surface area contributed by atoms with E-state index < -0.39 is 5.91 Å². The maximum atomic E-state index is 11.7. The summed E-state index contributed by atoms with van der Waals surface area (Å²) in [6.07, 6.45) is 5.22. The molecule has 1 amide bonds. The number of methoxy groups -OCH3 is 1. The molecule has 1 aromatic carbocycles. The van der Waals surface area contributed by atoms with Gasteiger partial charge in [0.05, 0.1) is 29.1 Å². The highest BCUT2D eigenvalue weighted by molar-refractivity contribution is 7.10. The van der Waals surface area contributed by atoms with Gasteiger partial charge in [-0.1, -0.05) is 12.1 Å². The summed E-state index contributed by atoms with van der Waals surface area (Å²) in [7, 11) is 1.68. The van der Waals surface area contributed by atoms with Crippen LogP contribution in [0.5, 0.6) is 5.75 Å². The number of hydrogen-bond acceptors (Lipinski definition) is 6. The van der Waals surface area contributed by atoms with Gasteiger partial charge in [0.15, 0.2) is 0 Å². The molecule has 6 nitrogen and oxygen atoms in total. The lowest BCUT2D eigenvalue weighted by atomic mass is 9.96. The third-order valence-electron chi connectivity index (χ3n) is 5.15. The van der Waals surface area contributed by atoms with Crippen molar-refractivity contribution in [2.75, 3.05) is 25.1 Å². The van der Waals surface area contributed by atoms with Gasteiger partial charge in [0.1, 0.15) is 5.75 Å². The van der Waals surface area contributed by atoms with E-state index >= 15 is 0 Å². The van der Waals surface area contributed by atoms with Gasteiger partial charge in [0, 0.05) is 42.3 Å². The van der Waals surface area contributed by atoms with E-state index in [0.29, 0.717) is 11.5 Å². The van der Waals surface area contributed by atoms with E-state index in [1.54, 1.807) is 30.8 Å². The van der Waals surface area contributed by atoms with Crippen molar-refractivity contribution in [3.63, 3.8) is 0 Å². The van der Waals surface area contributed by atoms with Crippen molar-refractivity contribution >= 4 is 22.9 Å². The molecule has 0 aliphatic carbocycles. The van der Waals surface area contributed by atoms with Gasteiger partial charge in [-0.3, -0.25) is 9.78 Å². The van der Waals surface area contributed by atoms with E-state index in [9.17, 15) is 4.79 Å². The zero-order chi connectivity index (χ0) is 19.5. The second-order valence-corrected chi connectivity index (χ2v) is 7.68. The average Bonchev–Trinajstić information content (AvgIpc) is 3.24. The number of aromatic nitrogens is 2. The predicted molar refractivity (Wildman–Crippen MR) is 111 cm³/mol. The quantitative estimate of drug-likeness (QED) is 0.714. The second kappa shape index (κ2) is 7.98. The first-order valence-corrected chi connectivity index (χ1v) is 10.1. The highest BCUT2D eigenvalue weighted by Crippen LogP contribution is 2.36. The van der Waals surface area contributed by atoms with Crippen molar-refractivity contribution in [1.29, 1.82) is 0 Å². The number of piperidine rings is 1. The molecule has 0 spiro atoms. The lowest BCUT2D eigenvalue weighted by molar-refractivity contribution is 0.100. The van der Waals surface area contributed by atoms with Gasteiger partial charge >= 0.3 is 0 Å². The van der Waals surface area contributed by atoms with Crippen LogP contribution in [0.25, 0.3) is 11.3 Å². The summed E-state index contributed by atoms with van der Waals surface area (Å²) in [4.78, 5) is 22.8. The fourth-order valence-corrected chi connectivity index (χ4v) is 4.67. The lowest BCUT2D eigenvalue weighted by Crippen LogP contribution is -2.34. The molecule has 0 saturated carbocycles. The molecule has 0 radical (unpaired) electrons. The van der Waals surface area contributed by atoms with Crippen LogP contribution >= 0.6 is 11.3 Å². The second-order valence-electron chi connectivity index (χ2n) is 6.79. The Morgan fingerprint density at radius 1 is 1.25 bits per heavy atom. The number of hydrogen-bond donors (Lipinski definition) is 1. The maximum Gasteiger partial charge on any atom is 0.252 e. The van der Waals surface area contributed by atoms with Gasteiger partial charge in [-0.05, 0) is 31.0 Å². The number of nitrogens with two attached hydrogens (primary N) is 1. The minimum atomic E-state index is -0.438. The summed E-state index contributed by atoms with van der Waals surface area (Å²) >= 11 is 1.71. The van der Waals surface area contributed by atoms with Gasteiger partial charge in [-0.25, -0.2) is 4.98 Å². The van der Waals surface area contributed by atoms with E-state index in [4.69, 9.17) is 15.5 Å². The number of nitrogens with zero attached hydrogens (tertiary/aromatic N) is 3. The van der Waals surface area contributed by atoms with Crippen molar-refractivity contribution in [3.8, 4) is 17.0 Å². The molecular formula is C21H22N4O2S. The highest BCUT2D eigenvalue weighted by atomic mass is 32.1. The third-order valence-corrected chi connectivity index (χ3v) is 6.16. The smallest absolute Gasteiger partial charge is 0.252 e. The number of anilines is 1. The molecule has 28 heavy (non-hydrogen) atoms. The number of para-hydroxylation sites is 1. The Bertz CT molecular complexity index is 980. The fourth-order valence-electron chi connectivity index (χ4n) is 3.68. The Morgan fingerprint density at radius 3 is 2.79 bits per heavy atom. The number of carbonyl (C=O) groups is 1. The van der Waals surface area contributed by atoms with Crippen molar-refractivity contribution in [3.05, 3.63) is 58.7 Å². The molecule has 3 heterocycles. The molecule has 2 aromatic heterocycles. The lowest BCUT2D eigenvalue weighted by Gasteiger charge is -2.33. The van der Waals surface area contributed by atoms with Crippen molar-refractivity contribution in [2.45, 2.75) is 18.8 Å². The van der Waals surface area contributed by atoms with Gasteiger partial charge in [0.2, 0.25) is 0 Å². The standard InChI is InChI=1S/C21H22N4O2S/c1-27-19-5-3-2-4-15(19)17-13-28-21(24-17)14-7-10-25(11-8-14)18-6-9-23-12-16(18)20(22)26/h2-6,9,12-14H,7-8,10-11H2,1H3,(H2,22,26). The molecule has 2 N–H and O–H groups in total. The van der Waals surface area contributed by atoms with Crippen LogP contribution in [0, 0.1) is 0 Å². The number of amides is 1. The number of benzene rings is 1. The first kappa shape index (κ1) is 18.4. The van der Waals surface area contributed by atoms with E-state index in [2.05, 4.69) is 15.3 Å². The van der Waals surface area contributed by atoms with Crippen LogP contribution in [0.15, 0.2) is 48.1 Å². The Balaban J connectivity index is 1.48. The summed E-state index contributed by atoms with van der Waals surface area (Å²) in [6.45, 7) is 1.72. The molecule has 144 valence electrons. The molecule has 7 heteroatoms. The van der Waals surface area contributed by atoms with Crippen LogP contribution in [0.3, 0.4) is 0 Å².